The van der Waals surface area contributed by atoms with E-state index in [0.29, 0.717) is 28.4 Å². The Balaban J connectivity index is 1.45. The minimum absolute atomic E-state index is 0.0880. The fraction of sp³-hybridized carbons (Fsp3) is 0.0811. The van der Waals surface area contributed by atoms with E-state index in [1.54, 1.807) is 13.2 Å². The lowest BCUT2D eigenvalue weighted by Gasteiger charge is -2.19. The molecule has 0 N–H and O–H groups in total. The van der Waals surface area contributed by atoms with Crippen molar-refractivity contribution in [3.8, 4) is 28.4 Å². The van der Waals surface area contributed by atoms with Crippen molar-refractivity contribution in [3.05, 3.63) is 139 Å². The highest BCUT2D eigenvalue weighted by Gasteiger charge is 2.22. The van der Waals surface area contributed by atoms with Crippen LogP contribution in [-0.2, 0) is 22.4 Å². The molecule has 6 rings (SSSR count). The monoisotopic (exact) mass is 552 g/mol. The molecular weight excluding hydrogens is 524 g/mol. The Morgan fingerprint density at radius 3 is 1.45 bits per heavy atom. The van der Waals surface area contributed by atoms with Crippen molar-refractivity contribution in [2.24, 2.45) is 0 Å². The van der Waals surface area contributed by atoms with Crippen molar-refractivity contribution >= 4 is 33.5 Å². The van der Waals surface area contributed by atoms with Crippen molar-refractivity contribution in [3.63, 3.8) is 0 Å². The molecule has 206 valence electrons. The summed E-state index contributed by atoms with van der Waals surface area (Å²) in [6.45, 7) is 0. The zero-order chi connectivity index (χ0) is 28.9. The molecule has 0 saturated carbocycles. The summed E-state index contributed by atoms with van der Waals surface area (Å²) < 4.78 is 17.3. The lowest BCUT2D eigenvalue weighted by Crippen LogP contribution is -2.13. The summed E-state index contributed by atoms with van der Waals surface area (Å²) in [5.74, 6) is 0.729. The number of rotatable bonds is 8. The van der Waals surface area contributed by atoms with Gasteiger partial charge < -0.3 is 14.2 Å². The zero-order valence-electron chi connectivity index (χ0n) is 23.1. The molecule has 5 nitrogen and oxygen atoms in total. The number of carbonyl (C=O) groups is 2. The maximum absolute atomic E-state index is 13.2. The van der Waals surface area contributed by atoms with Gasteiger partial charge in [0.2, 0.25) is 0 Å². The number of ether oxygens (including phenoxy) is 3. The Morgan fingerprint density at radius 1 is 0.500 bits per heavy atom. The molecule has 0 spiro atoms. The molecule has 0 aliphatic carbocycles. The summed E-state index contributed by atoms with van der Waals surface area (Å²) in [5.41, 5.74) is 3.06. The third-order valence-corrected chi connectivity index (χ3v) is 7.18. The Labute approximate surface area is 243 Å². The predicted octanol–water partition coefficient (Wildman–Crippen LogP) is 7.96. The molecule has 0 aliphatic rings. The standard InChI is InChI=1S/C37H28O5/c1-40-29-19-15-26(16-20-29)24-35(39)42-33-22-18-28-12-6-8-14-31(28)37(33)36-30-13-7-5-11-27(30)17-21-32(36)41-34(38)23-25-9-3-2-4-10-25/h2-22H,23-24H2,1H3. The minimum Gasteiger partial charge on any atom is -0.497 e. The smallest absolute Gasteiger partial charge is 0.315 e. The molecule has 0 amide bonds. The highest BCUT2D eigenvalue weighted by Crippen LogP contribution is 2.45. The number of hydrogen-bond acceptors (Lipinski definition) is 5. The second-order valence-corrected chi connectivity index (χ2v) is 9.96. The number of hydrogen-bond donors (Lipinski definition) is 0. The molecule has 42 heavy (non-hydrogen) atoms. The molecule has 0 bridgehead atoms. The van der Waals surface area contributed by atoms with Gasteiger partial charge in [-0.15, -0.1) is 0 Å². The SMILES string of the molecule is COc1ccc(CC(=O)Oc2ccc3ccccc3c2-c2c(OC(=O)Cc3ccccc3)ccc3ccccc23)cc1. The van der Waals surface area contributed by atoms with Gasteiger partial charge in [-0.05, 0) is 56.9 Å². The maximum atomic E-state index is 13.2. The number of methoxy groups -OCH3 is 1. The first-order valence-electron chi connectivity index (χ1n) is 13.7. The van der Waals surface area contributed by atoms with Gasteiger partial charge in [0.25, 0.3) is 0 Å². The van der Waals surface area contributed by atoms with Gasteiger partial charge in [0, 0.05) is 11.1 Å². The zero-order valence-corrected chi connectivity index (χ0v) is 23.1. The molecule has 0 saturated heterocycles. The number of esters is 2. The summed E-state index contributed by atoms with van der Waals surface area (Å²) in [6, 6.07) is 40.1. The van der Waals surface area contributed by atoms with Crippen LogP contribution in [0.25, 0.3) is 32.7 Å². The van der Waals surface area contributed by atoms with E-state index in [-0.39, 0.29) is 18.8 Å². The highest BCUT2D eigenvalue weighted by molar-refractivity contribution is 6.10. The fourth-order valence-electron chi connectivity index (χ4n) is 5.18. The van der Waals surface area contributed by atoms with Gasteiger partial charge in [0.1, 0.15) is 17.2 Å². The fourth-order valence-corrected chi connectivity index (χ4v) is 5.18. The van der Waals surface area contributed by atoms with Gasteiger partial charge in [0.05, 0.1) is 20.0 Å². The van der Waals surface area contributed by atoms with Crippen LogP contribution in [-0.4, -0.2) is 19.0 Å². The summed E-state index contributed by atoms with van der Waals surface area (Å²) >= 11 is 0. The van der Waals surface area contributed by atoms with Crippen LogP contribution in [0.5, 0.6) is 17.2 Å². The first-order chi connectivity index (χ1) is 20.6. The Kier molecular flexibility index (Phi) is 7.64. The molecule has 6 aromatic carbocycles. The van der Waals surface area contributed by atoms with Crippen LogP contribution in [0.1, 0.15) is 11.1 Å². The molecule has 6 aromatic rings. The largest absolute Gasteiger partial charge is 0.497 e. The van der Waals surface area contributed by atoms with E-state index in [1.165, 1.54) is 0 Å². The molecule has 5 heteroatoms. The topological polar surface area (TPSA) is 61.8 Å². The third kappa shape index (κ3) is 5.72. The van der Waals surface area contributed by atoms with Crippen LogP contribution in [0, 0.1) is 0 Å². The Morgan fingerprint density at radius 2 is 0.952 bits per heavy atom. The van der Waals surface area contributed by atoms with Crippen LogP contribution in [0.15, 0.2) is 127 Å². The molecule has 0 radical (unpaired) electrons. The molecule has 0 aromatic heterocycles. The summed E-state index contributed by atoms with van der Waals surface area (Å²) in [4.78, 5) is 26.4. The predicted molar refractivity (Wildman–Crippen MR) is 165 cm³/mol. The van der Waals surface area contributed by atoms with E-state index in [2.05, 4.69) is 0 Å². The second kappa shape index (κ2) is 12.0. The van der Waals surface area contributed by atoms with E-state index in [1.807, 2.05) is 121 Å². The Bertz CT molecular complexity index is 1890. The first-order valence-corrected chi connectivity index (χ1v) is 13.7. The lowest BCUT2D eigenvalue weighted by molar-refractivity contribution is -0.134. The van der Waals surface area contributed by atoms with Crippen LogP contribution in [0.3, 0.4) is 0 Å². The molecule has 0 unspecified atom stereocenters. The van der Waals surface area contributed by atoms with E-state index in [0.717, 1.165) is 32.7 Å². The highest BCUT2D eigenvalue weighted by atomic mass is 16.5. The maximum Gasteiger partial charge on any atom is 0.315 e. The van der Waals surface area contributed by atoms with Gasteiger partial charge in [-0.3, -0.25) is 9.59 Å². The van der Waals surface area contributed by atoms with Gasteiger partial charge in [-0.1, -0.05) is 103 Å². The van der Waals surface area contributed by atoms with Crippen LogP contribution >= 0.6 is 0 Å². The van der Waals surface area contributed by atoms with Crippen molar-refractivity contribution in [1.29, 1.82) is 0 Å². The van der Waals surface area contributed by atoms with Crippen molar-refractivity contribution in [2.75, 3.05) is 7.11 Å². The first kappa shape index (κ1) is 26.8. The number of fused-ring (bicyclic) bond motifs is 2. The molecule has 0 heterocycles. The molecular formula is C37H28O5. The van der Waals surface area contributed by atoms with E-state index >= 15 is 0 Å². The minimum atomic E-state index is -0.403. The van der Waals surface area contributed by atoms with Crippen molar-refractivity contribution in [1.82, 2.24) is 0 Å². The Hall–Kier alpha value is -5.42. The summed E-state index contributed by atoms with van der Waals surface area (Å²) in [5, 5.41) is 3.70. The van der Waals surface area contributed by atoms with Crippen molar-refractivity contribution in [2.45, 2.75) is 12.8 Å². The molecule has 0 aliphatic heterocycles. The molecule has 0 fully saturated rings. The molecule has 0 atom stereocenters. The average molecular weight is 553 g/mol. The van der Waals surface area contributed by atoms with E-state index < -0.39 is 5.97 Å². The number of benzene rings is 6. The summed E-state index contributed by atoms with van der Waals surface area (Å²) in [6.07, 6.45) is 0.219. The van der Waals surface area contributed by atoms with Gasteiger partial charge in [0.15, 0.2) is 0 Å². The van der Waals surface area contributed by atoms with Gasteiger partial charge in [-0.25, -0.2) is 0 Å². The van der Waals surface area contributed by atoms with Crippen LogP contribution in [0.4, 0.5) is 0 Å². The normalized spacial score (nSPS) is 10.9. The second-order valence-electron chi connectivity index (χ2n) is 9.96. The van der Waals surface area contributed by atoms with Crippen molar-refractivity contribution < 1.29 is 23.8 Å². The third-order valence-electron chi connectivity index (χ3n) is 7.18. The number of carbonyl (C=O) groups excluding carboxylic acids is 2. The summed E-state index contributed by atoms with van der Waals surface area (Å²) in [7, 11) is 1.60. The quantitative estimate of drug-likeness (QED) is 0.142. The van der Waals surface area contributed by atoms with Gasteiger partial charge in [-0.2, -0.15) is 0 Å². The van der Waals surface area contributed by atoms with E-state index in [9.17, 15) is 9.59 Å². The lowest BCUT2D eigenvalue weighted by atomic mass is 9.92. The van der Waals surface area contributed by atoms with E-state index in [4.69, 9.17) is 14.2 Å². The average Bonchev–Trinajstić information content (AvgIpc) is 3.02. The van der Waals surface area contributed by atoms with Gasteiger partial charge >= 0.3 is 11.9 Å². The van der Waals surface area contributed by atoms with Crippen LogP contribution in [0.2, 0.25) is 0 Å². The van der Waals surface area contributed by atoms with Crippen LogP contribution < -0.4 is 14.2 Å².